The van der Waals surface area contributed by atoms with Crippen LogP contribution in [0, 0.1) is 11.8 Å². The lowest BCUT2D eigenvalue weighted by Gasteiger charge is -2.35. The maximum absolute atomic E-state index is 12.9. The Morgan fingerprint density at radius 2 is 1.90 bits per heavy atom. The van der Waals surface area contributed by atoms with Crippen LogP contribution in [-0.4, -0.2) is 52.3 Å². The minimum Gasteiger partial charge on any atom is -0.469 e. The van der Waals surface area contributed by atoms with Gasteiger partial charge in [0.15, 0.2) is 5.16 Å². The Balaban J connectivity index is 1.82. The molecule has 29 heavy (non-hydrogen) atoms. The second-order valence-electron chi connectivity index (χ2n) is 7.73. The van der Waals surface area contributed by atoms with E-state index in [0.717, 1.165) is 19.5 Å². The largest absolute Gasteiger partial charge is 0.469 e. The van der Waals surface area contributed by atoms with Crippen LogP contribution in [0.3, 0.4) is 0 Å². The third-order valence-corrected chi connectivity index (χ3v) is 6.10. The highest BCUT2D eigenvalue weighted by molar-refractivity contribution is 7.99. The third-order valence-electron chi connectivity index (χ3n) is 5.14. The number of ether oxygens (including phenoxy) is 1. The summed E-state index contributed by atoms with van der Waals surface area (Å²) >= 11 is 1.25. The zero-order valence-corrected chi connectivity index (χ0v) is 17.9. The number of amides is 1. The number of likely N-dealkylation sites (tertiary alicyclic amines) is 1. The van der Waals surface area contributed by atoms with Crippen molar-refractivity contribution in [2.75, 3.05) is 26.0 Å². The van der Waals surface area contributed by atoms with Crippen molar-refractivity contribution in [1.82, 2.24) is 14.5 Å². The molecule has 1 aliphatic heterocycles. The number of benzene rings is 1. The van der Waals surface area contributed by atoms with E-state index < -0.39 is 5.97 Å². The number of fused-ring (bicyclic) bond motifs is 1. The van der Waals surface area contributed by atoms with E-state index in [-0.39, 0.29) is 30.2 Å². The van der Waals surface area contributed by atoms with Gasteiger partial charge in [0.1, 0.15) is 0 Å². The van der Waals surface area contributed by atoms with Crippen molar-refractivity contribution in [2.45, 2.75) is 38.4 Å². The Morgan fingerprint density at radius 3 is 2.59 bits per heavy atom. The molecule has 7 nitrogen and oxygen atoms in total. The van der Waals surface area contributed by atoms with E-state index in [2.05, 4.69) is 18.8 Å². The molecule has 1 saturated heterocycles. The van der Waals surface area contributed by atoms with Crippen LogP contribution in [0.1, 0.15) is 26.7 Å². The van der Waals surface area contributed by atoms with Crippen LogP contribution < -0.4 is 5.56 Å². The number of hydrogen-bond acceptors (Lipinski definition) is 6. The van der Waals surface area contributed by atoms with Gasteiger partial charge in [-0.15, -0.1) is 0 Å². The maximum Gasteiger partial charge on any atom is 0.307 e. The van der Waals surface area contributed by atoms with E-state index in [1.807, 2.05) is 11.0 Å². The van der Waals surface area contributed by atoms with Gasteiger partial charge in [-0.3, -0.25) is 19.0 Å². The fourth-order valence-electron chi connectivity index (χ4n) is 3.84. The van der Waals surface area contributed by atoms with Crippen molar-refractivity contribution in [3.8, 4) is 0 Å². The van der Waals surface area contributed by atoms with Gasteiger partial charge in [0, 0.05) is 19.6 Å². The molecule has 2 aromatic rings. The topological polar surface area (TPSA) is 81.5 Å². The monoisotopic (exact) mass is 417 g/mol. The van der Waals surface area contributed by atoms with Crippen molar-refractivity contribution in [3.05, 3.63) is 34.6 Å². The van der Waals surface area contributed by atoms with Crippen LogP contribution in [0.2, 0.25) is 0 Å². The highest BCUT2D eigenvalue weighted by Crippen LogP contribution is 2.23. The molecule has 8 heteroatoms. The van der Waals surface area contributed by atoms with Gasteiger partial charge in [-0.1, -0.05) is 37.7 Å². The van der Waals surface area contributed by atoms with Gasteiger partial charge >= 0.3 is 5.97 Å². The summed E-state index contributed by atoms with van der Waals surface area (Å²) in [5.74, 6) is 0.848. The zero-order chi connectivity index (χ0) is 21.0. The van der Waals surface area contributed by atoms with Crippen LogP contribution in [0.5, 0.6) is 0 Å². The molecule has 156 valence electrons. The Morgan fingerprint density at radius 1 is 1.21 bits per heavy atom. The summed E-state index contributed by atoms with van der Waals surface area (Å²) in [6.07, 6.45) is 1.20. The third kappa shape index (κ3) is 5.18. The minimum absolute atomic E-state index is 0.0512. The number of thioether (sulfide) groups is 1. The van der Waals surface area contributed by atoms with E-state index in [1.54, 1.807) is 18.2 Å². The van der Waals surface area contributed by atoms with E-state index in [9.17, 15) is 14.4 Å². The van der Waals surface area contributed by atoms with Crippen LogP contribution in [0.25, 0.3) is 10.9 Å². The standard InChI is InChI=1S/C21H27N3O4S/c1-14-10-15(2)12-23(11-14)18(25)13-29-21-22-17-7-5-4-6-16(17)20(27)24(21)9-8-19(26)28-3/h4-7,14-15H,8-13H2,1-3H3/t14-,15-/m0/s1. The molecule has 0 saturated carbocycles. The van der Waals surface area contributed by atoms with Crippen molar-refractivity contribution in [3.63, 3.8) is 0 Å². The smallest absolute Gasteiger partial charge is 0.307 e. The van der Waals surface area contributed by atoms with Gasteiger partial charge in [-0.2, -0.15) is 0 Å². The molecule has 2 heterocycles. The first-order valence-corrected chi connectivity index (χ1v) is 10.8. The summed E-state index contributed by atoms with van der Waals surface area (Å²) < 4.78 is 6.17. The highest BCUT2D eigenvalue weighted by Gasteiger charge is 2.25. The molecular weight excluding hydrogens is 390 g/mol. The summed E-state index contributed by atoms with van der Waals surface area (Å²) in [6.45, 7) is 6.03. The van der Waals surface area contributed by atoms with Crippen LogP contribution in [0.4, 0.5) is 0 Å². The molecule has 2 atom stereocenters. The van der Waals surface area contributed by atoms with Crippen molar-refractivity contribution < 1.29 is 14.3 Å². The second-order valence-corrected chi connectivity index (χ2v) is 8.67. The first-order valence-electron chi connectivity index (χ1n) is 9.86. The fourth-order valence-corrected chi connectivity index (χ4v) is 4.77. The van der Waals surface area contributed by atoms with E-state index in [0.29, 0.717) is 27.9 Å². The predicted octanol–water partition coefficient (Wildman–Crippen LogP) is 2.56. The lowest BCUT2D eigenvalue weighted by Crippen LogP contribution is -2.43. The summed E-state index contributed by atoms with van der Waals surface area (Å²) in [6, 6.07) is 7.10. The Kier molecular flexibility index (Phi) is 6.95. The van der Waals surface area contributed by atoms with Gasteiger partial charge in [0.2, 0.25) is 5.91 Å². The number of esters is 1. The molecular formula is C21H27N3O4S. The number of carbonyl (C=O) groups excluding carboxylic acids is 2. The number of hydrogen-bond donors (Lipinski definition) is 0. The van der Waals surface area contributed by atoms with E-state index in [1.165, 1.54) is 23.4 Å². The summed E-state index contributed by atoms with van der Waals surface area (Å²) in [7, 11) is 1.32. The van der Waals surface area contributed by atoms with Crippen LogP contribution in [-0.2, 0) is 20.9 Å². The number of piperidine rings is 1. The van der Waals surface area contributed by atoms with Crippen LogP contribution >= 0.6 is 11.8 Å². The first-order chi connectivity index (χ1) is 13.9. The van der Waals surface area contributed by atoms with E-state index >= 15 is 0 Å². The molecule has 1 aromatic carbocycles. The molecule has 3 rings (SSSR count). The van der Waals surface area contributed by atoms with Crippen molar-refractivity contribution in [1.29, 1.82) is 0 Å². The van der Waals surface area contributed by atoms with Crippen LogP contribution in [0.15, 0.2) is 34.2 Å². The summed E-state index contributed by atoms with van der Waals surface area (Å²) in [5, 5.41) is 0.941. The van der Waals surface area contributed by atoms with Gasteiger partial charge in [-0.25, -0.2) is 4.98 Å². The minimum atomic E-state index is -0.395. The number of para-hydroxylation sites is 1. The molecule has 0 radical (unpaired) electrons. The average Bonchev–Trinajstić information content (AvgIpc) is 2.70. The van der Waals surface area contributed by atoms with Gasteiger partial charge < -0.3 is 9.64 Å². The number of nitrogens with zero attached hydrogens (tertiary/aromatic N) is 3. The molecule has 1 aromatic heterocycles. The molecule has 1 amide bonds. The summed E-state index contributed by atoms with van der Waals surface area (Å²) in [5.41, 5.74) is 0.372. The van der Waals surface area contributed by atoms with E-state index in [4.69, 9.17) is 4.74 Å². The van der Waals surface area contributed by atoms with Gasteiger partial charge in [-0.05, 0) is 30.4 Å². The number of rotatable bonds is 6. The Hall–Kier alpha value is -2.35. The highest BCUT2D eigenvalue weighted by atomic mass is 32.2. The predicted molar refractivity (Wildman–Crippen MR) is 113 cm³/mol. The number of carbonyl (C=O) groups is 2. The maximum atomic E-state index is 12.9. The Bertz CT molecular complexity index is 949. The quantitative estimate of drug-likeness (QED) is 0.408. The Labute approximate surface area is 174 Å². The van der Waals surface area contributed by atoms with Gasteiger partial charge in [0.25, 0.3) is 5.56 Å². The lowest BCUT2D eigenvalue weighted by atomic mass is 9.92. The second kappa shape index (κ2) is 9.43. The molecule has 0 spiro atoms. The first kappa shape index (κ1) is 21.4. The SMILES string of the molecule is COC(=O)CCn1c(SCC(=O)N2C[C@@H](C)C[C@H](C)C2)nc2ccccc2c1=O. The zero-order valence-electron chi connectivity index (χ0n) is 17.1. The van der Waals surface area contributed by atoms with Crippen molar-refractivity contribution in [2.24, 2.45) is 11.8 Å². The van der Waals surface area contributed by atoms with Crippen molar-refractivity contribution >= 4 is 34.5 Å². The van der Waals surface area contributed by atoms with Gasteiger partial charge in [0.05, 0.1) is 30.2 Å². The molecule has 1 fully saturated rings. The molecule has 1 aliphatic rings. The number of aromatic nitrogens is 2. The number of methoxy groups -OCH3 is 1. The average molecular weight is 418 g/mol. The molecule has 0 bridgehead atoms. The normalized spacial score (nSPS) is 19.3. The molecule has 0 unspecified atom stereocenters. The summed E-state index contributed by atoms with van der Waals surface area (Å²) in [4.78, 5) is 43.8. The molecule has 0 N–H and O–H groups in total. The molecule has 0 aliphatic carbocycles. The fraction of sp³-hybridized carbons (Fsp3) is 0.524. The lowest BCUT2D eigenvalue weighted by molar-refractivity contribution is -0.141.